The first-order valence-electron chi connectivity index (χ1n) is 9.97. The molecule has 1 aromatic rings. The van der Waals surface area contributed by atoms with Crippen LogP contribution in [0.3, 0.4) is 0 Å². The summed E-state index contributed by atoms with van der Waals surface area (Å²) in [5.74, 6) is -2.90. The summed E-state index contributed by atoms with van der Waals surface area (Å²) in [6, 6.07) is 5.20. The van der Waals surface area contributed by atoms with Gasteiger partial charge in [-0.25, -0.2) is 4.79 Å². The zero-order valence-electron chi connectivity index (χ0n) is 17.5. The minimum atomic E-state index is -1.23. The average Bonchev–Trinajstić information content (AvgIpc) is 2.77. The van der Waals surface area contributed by atoms with E-state index in [9.17, 15) is 28.8 Å². The Bertz CT molecular complexity index is 955. The number of amides is 6. The summed E-state index contributed by atoms with van der Waals surface area (Å²) in [5.41, 5.74) is 0.417. The maximum Gasteiger partial charge on any atom is 0.325 e. The molecular weight excluding hydrogens is 438 g/mol. The van der Waals surface area contributed by atoms with Crippen LogP contribution in [0, 0.1) is 0 Å². The lowest BCUT2D eigenvalue weighted by Gasteiger charge is -2.37. The molecule has 2 aliphatic heterocycles. The molecule has 1 unspecified atom stereocenters. The lowest BCUT2D eigenvalue weighted by Crippen LogP contribution is -2.68. The van der Waals surface area contributed by atoms with Gasteiger partial charge in [-0.2, -0.15) is 0 Å². The lowest BCUT2D eigenvalue weighted by molar-refractivity contribution is -0.153. The van der Waals surface area contributed by atoms with Crippen molar-refractivity contribution >= 4 is 46.5 Å². The first kappa shape index (κ1) is 23.3. The molecule has 0 aromatic heterocycles. The maximum absolute atomic E-state index is 13.0. The molecule has 32 heavy (non-hydrogen) atoms. The van der Waals surface area contributed by atoms with E-state index < -0.39 is 47.1 Å². The van der Waals surface area contributed by atoms with Crippen LogP contribution in [0.2, 0.25) is 0 Å². The van der Waals surface area contributed by atoms with Gasteiger partial charge in [-0.05, 0) is 12.5 Å². The number of piperazine rings is 1. The van der Waals surface area contributed by atoms with Crippen molar-refractivity contribution in [3.63, 3.8) is 0 Å². The van der Waals surface area contributed by atoms with Gasteiger partial charge >= 0.3 is 17.8 Å². The lowest BCUT2D eigenvalue weighted by atomic mass is 10.0. The summed E-state index contributed by atoms with van der Waals surface area (Å²) in [6.45, 7) is 3.61. The highest BCUT2D eigenvalue weighted by molar-refractivity contribution is 8.14. The molecule has 0 spiro atoms. The molecule has 0 radical (unpaired) electrons. The number of rotatable bonds is 6. The van der Waals surface area contributed by atoms with Crippen molar-refractivity contribution in [3.05, 3.63) is 35.9 Å². The Kier molecular flexibility index (Phi) is 7.13. The van der Waals surface area contributed by atoms with E-state index in [1.54, 1.807) is 37.3 Å². The summed E-state index contributed by atoms with van der Waals surface area (Å²) in [7, 11) is 0. The third-order valence-corrected chi connectivity index (χ3v) is 6.03. The number of β-lactam (4-membered cyclic amide) rings is 1. The molecule has 2 aliphatic rings. The van der Waals surface area contributed by atoms with Crippen molar-refractivity contribution < 1.29 is 28.8 Å². The molecular formula is C20H23N5O6S. The highest BCUT2D eigenvalue weighted by atomic mass is 32.2. The zero-order valence-corrected chi connectivity index (χ0v) is 18.3. The number of nitrogens with zero attached hydrogens (tertiary/aromatic N) is 2. The van der Waals surface area contributed by atoms with Gasteiger partial charge in [0.1, 0.15) is 17.5 Å². The Morgan fingerprint density at radius 2 is 1.81 bits per heavy atom. The van der Waals surface area contributed by atoms with Gasteiger partial charge in [0.2, 0.25) is 11.8 Å². The number of hydrogen-bond acceptors (Lipinski definition) is 7. The number of thioether (sulfide) groups is 1. The van der Waals surface area contributed by atoms with Crippen LogP contribution in [0.15, 0.2) is 30.3 Å². The van der Waals surface area contributed by atoms with Crippen LogP contribution in [0.1, 0.15) is 25.5 Å². The van der Waals surface area contributed by atoms with E-state index in [0.717, 1.165) is 16.7 Å². The zero-order chi connectivity index (χ0) is 23.4. The Morgan fingerprint density at radius 3 is 2.41 bits per heavy atom. The SMILES string of the molecule is CCN1CCN(C(=O)NC(C(=O)N[C@@H]2C(=O)N[C@@H]2SC(C)=O)c2ccccc2)C(=O)C1=O. The second kappa shape index (κ2) is 9.81. The molecule has 12 heteroatoms. The molecule has 2 fully saturated rings. The first-order valence-corrected chi connectivity index (χ1v) is 10.8. The van der Waals surface area contributed by atoms with Crippen molar-refractivity contribution in [2.75, 3.05) is 19.6 Å². The van der Waals surface area contributed by atoms with E-state index >= 15 is 0 Å². The predicted octanol–water partition coefficient (Wildman–Crippen LogP) is -0.652. The monoisotopic (exact) mass is 461 g/mol. The Hall–Kier alpha value is -3.41. The fraction of sp³-hybridized carbons (Fsp3) is 0.400. The van der Waals surface area contributed by atoms with E-state index in [2.05, 4.69) is 16.0 Å². The maximum atomic E-state index is 13.0. The second-order valence-electron chi connectivity index (χ2n) is 7.16. The Balaban J connectivity index is 1.75. The van der Waals surface area contributed by atoms with E-state index in [4.69, 9.17) is 0 Å². The van der Waals surface area contributed by atoms with Crippen LogP contribution >= 0.6 is 11.8 Å². The van der Waals surface area contributed by atoms with E-state index in [1.165, 1.54) is 11.8 Å². The van der Waals surface area contributed by atoms with Gasteiger partial charge in [-0.1, -0.05) is 42.1 Å². The summed E-state index contributed by atoms with van der Waals surface area (Å²) in [5, 5.41) is 6.72. The minimum absolute atomic E-state index is 0.00423. The van der Waals surface area contributed by atoms with Crippen LogP contribution in [0.25, 0.3) is 0 Å². The van der Waals surface area contributed by atoms with Crippen molar-refractivity contribution in [3.8, 4) is 0 Å². The number of urea groups is 1. The van der Waals surface area contributed by atoms with Gasteiger partial charge in [0, 0.05) is 26.6 Å². The Morgan fingerprint density at radius 1 is 1.12 bits per heavy atom. The number of carbonyl (C=O) groups is 6. The van der Waals surface area contributed by atoms with Crippen molar-refractivity contribution in [2.24, 2.45) is 0 Å². The van der Waals surface area contributed by atoms with Crippen LogP contribution in [0.4, 0.5) is 4.79 Å². The molecule has 3 atom stereocenters. The molecule has 3 rings (SSSR count). The van der Waals surface area contributed by atoms with Gasteiger partial charge in [-0.3, -0.25) is 28.9 Å². The number of likely N-dealkylation sites (N-methyl/N-ethyl adjacent to an activating group) is 1. The topological polar surface area (TPSA) is 145 Å². The molecule has 0 aliphatic carbocycles. The number of carbonyl (C=O) groups excluding carboxylic acids is 6. The largest absolute Gasteiger partial charge is 0.340 e. The van der Waals surface area contributed by atoms with E-state index in [-0.39, 0.29) is 18.2 Å². The van der Waals surface area contributed by atoms with Crippen molar-refractivity contribution in [2.45, 2.75) is 31.3 Å². The first-order chi connectivity index (χ1) is 15.2. The van der Waals surface area contributed by atoms with E-state index in [1.807, 2.05) is 0 Å². The van der Waals surface area contributed by atoms with Gasteiger partial charge in [-0.15, -0.1) is 0 Å². The third kappa shape index (κ3) is 4.90. The summed E-state index contributed by atoms with van der Waals surface area (Å²) >= 11 is 0.874. The Labute approximate surface area is 188 Å². The molecule has 6 amide bonds. The minimum Gasteiger partial charge on any atom is -0.340 e. The van der Waals surface area contributed by atoms with Gasteiger partial charge in [0.05, 0.1) is 0 Å². The number of benzene rings is 1. The van der Waals surface area contributed by atoms with Crippen molar-refractivity contribution in [1.82, 2.24) is 25.8 Å². The molecule has 1 aromatic carbocycles. The fourth-order valence-electron chi connectivity index (χ4n) is 3.33. The smallest absolute Gasteiger partial charge is 0.325 e. The fourth-order valence-corrected chi connectivity index (χ4v) is 4.19. The highest BCUT2D eigenvalue weighted by Crippen LogP contribution is 2.22. The third-order valence-electron chi connectivity index (χ3n) is 5.06. The second-order valence-corrected chi connectivity index (χ2v) is 8.48. The standard InChI is InChI=1S/C20H23N5O6S/c1-3-24-9-10-25(19(30)18(24)29)20(31)22-13(12-7-5-4-6-8-12)15(27)21-14-16(28)23-17(14)32-11(2)26/h4-8,13-14,17H,3,9-10H2,1-2H3,(H,21,27)(H,22,31)(H,23,28)/t13?,14-,17-/m1/s1. The van der Waals surface area contributed by atoms with Gasteiger partial charge in [0.15, 0.2) is 5.12 Å². The molecule has 0 saturated carbocycles. The quantitative estimate of drug-likeness (QED) is 0.377. The van der Waals surface area contributed by atoms with Crippen LogP contribution in [0.5, 0.6) is 0 Å². The summed E-state index contributed by atoms with van der Waals surface area (Å²) in [4.78, 5) is 75.6. The predicted molar refractivity (Wildman–Crippen MR) is 114 cm³/mol. The van der Waals surface area contributed by atoms with Crippen LogP contribution in [-0.2, 0) is 24.0 Å². The molecule has 0 bridgehead atoms. The van der Waals surface area contributed by atoms with E-state index in [0.29, 0.717) is 12.1 Å². The van der Waals surface area contributed by atoms with Crippen molar-refractivity contribution in [1.29, 1.82) is 0 Å². The molecule has 2 heterocycles. The summed E-state index contributed by atoms with van der Waals surface area (Å²) < 4.78 is 0. The summed E-state index contributed by atoms with van der Waals surface area (Å²) in [6.07, 6.45) is 0. The van der Waals surface area contributed by atoms with Crippen LogP contribution < -0.4 is 16.0 Å². The average molecular weight is 462 g/mol. The molecule has 3 N–H and O–H groups in total. The van der Waals surface area contributed by atoms with Gasteiger partial charge < -0.3 is 20.9 Å². The van der Waals surface area contributed by atoms with Gasteiger partial charge in [0.25, 0.3) is 0 Å². The number of hydrogen-bond donors (Lipinski definition) is 3. The highest BCUT2D eigenvalue weighted by Gasteiger charge is 2.43. The normalized spacial score (nSPS) is 21.4. The molecule has 11 nitrogen and oxygen atoms in total. The molecule has 2 saturated heterocycles. The number of imide groups is 1. The number of nitrogens with one attached hydrogen (secondary N) is 3. The molecule has 170 valence electrons. The van der Waals surface area contributed by atoms with Crippen LogP contribution in [-0.4, -0.2) is 75.6 Å².